The van der Waals surface area contributed by atoms with Crippen molar-refractivity contribution in [3.63, 3.8) is 0 Å². The number of benzene rings is 3. The van der Waals surface area contributed by atoms with Crippen LogP contribution in [-0.2, 0) is 11.4 Å². The Balaban J connectivity index is 1.79. The van der Waals surface area contributed by atoms with Crippen molar-refractivity contribution in [3.05, 3.63) is 98.5 Å². The molecule has 0 spiro atoms. The Kier molecular flexibility index (Phi) is 7.37. The standard InChI is InChI=1S/C23H15Cl3N2O2/c24-18-6-3-4-15(10-18)14-30-22-7-2-1-5-16(22)11-17(13-27)23(29)28-19-8-9-20(25)21(26)12-19/h1-12H,14H2,(H,28,29)/b17-11+. The second-order valence-electron chi connectivity index (χ2n) is 6.21. The summed E-state index contributed by atoms with van der Waals surface area (Å²) < 4.78 is 5.87. The summed E-state index contributed by atoms with van der Waals surface area (Å²) in [7, 11) is 0. The van der Waals surface area contributed by atoms with Gasteiger partial charge < -0.3 is 10.1 Å². The van der Waals surface area contributed by atoms with Gasteiger partial charge in [-0.05, 0) is 48.0 Å². The van der Waals surface area contributed by atoms with Crippen LogP contribution < -0.4 is 10.1 Å². The second-order valence-corrected chi connectivity index (χ2v) is 7.46. The van der Waals surface area contributed by atoms with Gasteiger partial charge in [-0.3, -0.25) is 4.79 Å². The number of ether oxygens (including phenoxy) is 1. The predicted molar refractivity (Wildman–Crippen MR) is 121 cm³/mol. The van der Waals surface area contributed by atoms with Crippen molar-refractivity contribution in [1.82, 2.24) is 0 Å². The van der Waals surface area contributed by atoms with E-state index >= 15 is 0 Å². The Labute approximate surface area is 189 Å². The van der Waals surface area contributed by atoms with Crippen LogP contribution in [-0.4, -0.2) is 5.91 Å². The van der Waals surface area contributed by atoms with Crippen molar-refractivity contribution in [2.24, 2.45) is 0 Å². The molecule has 0 heterocycles. The molecule has 0 unspecified atom stereocenters. The van der Waals surface area contributed by atoms with Gasteiger partial charge in [0.15, 0.2) is 0 Å². The Morgan fingerprint density at radius 1 is 1.00 bits per heavy atom. The molecule has 150 valence electrons. The molecule has 0 bridgehead atoms. The number of nitrogens with one attached hydrogen (secondary N) is 1. The molecular formula is C23H15Cl3N2O2. The van der Waals surface area contributed by atoms with E-state index in [-0.39, 0.29) is 5.57 Å². The number of anilines is 1. The van der Waals surface area contributed by atoms with Crippen LogP contribution in [0.3, 0.4) is 0 Å². The molecule has 3 rings (SSSR count). The van der Waals surface area contributed by atoms with E-state index in [0.29, 0.717) is 38.7 Å². The summed E-state index contributed by atoms with van der Waals surface area (Å²) in [5.41, 5.74) is 1.85. The van der Waals surface area contributed by atoms with Crippen LogP contribution in [0.5, 0.6) is 5.75 Å². The largest absolute Gasteiger partial charge is 0.488 e. The maximum absolute atomic E-state index is 12.5. The van der Waals surface area contributed by atoms with E-state index in [1.54, 1.807) is 36.4 Å². The monoisotopic (exact) mass is 456 g/mol. The van der Waals surface area contributed by atoms with Crippen molar-refractivity contribution in [3.8, 4) is 11.8 Å². The van der Waals surface area contributed by atoms with Crippen LogP contribution in [0, 0.1) is 11.3 Å². The number of rotatable bonds is 6. The summed E-state index contributed by atoms with van der Waals surface area (Å²) >= 11 is 17.9. The fourth-order valence-electron chi connectivity index (χ4n) is 2.60. The lowest BCUT2D eigenvalue weighted by Crippen LogP contribution is -2.13. The molecule has 0 radical (unpaired) electrons. The lowest BCUT2D eigenvalue weighted by molar-refractivity contribution is -0.112. The minimum absolute atomic E-state index is 0.0834. The van der Waals surface area contributed by atoms with Crippen molar-refractivity contribution in [1.29, 1.82) is 5.26 Å². The lowest BCUT2D eigenvalue weighted by atomic mass is 10.1. The van der Waals surface area contributed by atoms with E-state index in [0.717, 1.165) is 5.56 Å². The van der Waals surface area contributed by atoms with Crippen LogP contribution in [0.1, 0.15) is 11.1 Å². The Morgan fingerprint density at radius 3 is 2.53 bits per heavy atom. The summed E-state index contributed by atoms with van der Waals surface area (Å²) in [6.45, 7) is 0.294. The van der Waals surface area contributed by atoms with Crippen molar-refractivity contribution < 1.29 is 9.53 Å². The maximum Gasteiger partial charge on any atom is 0.266 e. The number of para-hydroxylation sites is 1. The molecule has 3 aromatic rings. The minimum Gasteiger partial charge on any atom is -0.488 e. The third kappa shape index (κ3) is 5.77. The maximum atomic E-state index is 12.5. The topological polar surface area (TPSA) is 62.1 Å². The molecule has 4 nitrogen and oxygen atoms in total. The van der Waals surface area contributed by atoms with Crippen LogP contribution >= 0.6 is 34.8 Å². The summed E-state index contributed by atoms with van der Waals surface area (Å²) in [5, 5.41) is 13.4. The number of nitrogens with zero attached hydrogens (tertiary/aromatic N) is 1. The first-order valence-electron chi connectivity index (χ1n) is 8.81. The molecule has 7 heteroatoms. The van der Waals surface area contributed by atoms with Crippen LogP contribution in [0.25, 0.3) is 6.08 Å². The Hall–Kier alpha value is -2.97. The summed E-state index contributed by atoms with van der Waals surface area (Å²) in [5.74, 6) is -0.0342. The molecule has 30 heavy (non-hydrogen) atoms. The molecule has 0 saturated carbocycles. The molecule has 1 N–H and O–H groups in total. The molecule has 0 atom stereocenters. The fraction of sp³-hybridized carbons (Fsp3) is 0.0435. The number of carbonyl (C=O) groups is 1. The van der Waals surface area contributed by atoms with E-state index < -0.39 is 5.91 Å². The molecular weight excluding hydrogens is 443 g/mol. The van der Waals surface area contributed by atoms with Gasteiger partial charge in [-0.15, -0.1) is 0 Å². The number of halogens is 3. The molecule has 0 aliphatic carbocycles. The van der Waals surface area contributed by atoms with E-state index in [2.05, 4.69) is 5.32 Å². The molecule has 0 aromatic heterocycles. The number of nitriles is 1. The van der Waals surface area contributed by atoms with E-state index in [1.807, 2.05) is 30.3 Å². The second kappa shape index (κ2) is 10.2. The van der Waals surface area contributed by atoms with E-state index in [1.165, 1.54) is 12.1 Å². The zero-order valence-electron chi connectivity index (χ0n) is 15.5. The zero-order valence-corrected chi connectivity index (χ0v) is 17.8. The molecule has 0 aliphatic rings. The van der Waals surface area contributed by atoms with Crippen LogP contribution in [0.15, 0.2) is 72.3 Å². The number of amides is 1. The fourth-order valence-corrected chi connectivity index (χ4v) is 3.11. The number of hydrogen-bond donors (Lipinski definition) is 1. The molecule has 1 amide bonds. The third-order valence-corrected chi connectivity index (χ3v) is 5.02. The smallest absolute Gasteiger partial charge is 0.266 e. The highest BCUT2D eigenvalue weighted by Crippen LogP contribution is 2.26. The van der Waals surface area contributed by atoms with E-state index in [9.17, 15) is 10.1 Å². The Morgan fingerprint density at radius 2 is 1.80 bits per heavy atom. The van der Waals surface area contributed by atoms with Gasteiger partial charge in [0.2, 0.25) is 0 Å². The third-order valence-electron chi connectivity index (χ3n) is 4.04. The van der Waals surface area contributed by atoms with Crippen molar-refractivity contribution in [2.45, 2.75) is 6.61 Å². The zero-order chi connectivity index (χ0) is 21.5. The first-order chi connectivity index (χ1) is 14.5. The number of hydrogen-bond acceptors (Lipinski definition) is 3. The average Bonchev–Trinajstić information content (AvgIpc) is 2.74. The highest BCUT2D eigenvalue weighted by molar-refractivity contribution is 6.42. The van der Waals surface area contributed by atoms with Gasteiger partial charge in [0.05, 0.1) is 10.0 Å². The summed E-state index contributed by atoms with van der Waals surface area (Å²) in [6, 6.07) is 21.1. The van der Waals surface area contributed by atoms with Gasteiger partial charge in [-0.25, -0.2) is 0 Å². The predicted octanol–water partition coefficient (Wildman–Crippen LogP) is 6.77. The van der Waals surface area contributed by atoms with Crippen LogP contribution in [0.2, 0.25) is 15.1 Å². The molecule has 3 aromatic carbocycles. The van der Waals surface area contributed by atoms with Gasteiger partial charge >= 0.3 is 0 Å². The van der Waals surface area contributed by atoms with Gasteiger partial charge in [-0.2, -0.15) is 5.26 Å². The first-order valence-corrected chi connectivity index (χ1v) is 9.94. The SMILES string of the molecule is N#C/C(=C\c1ccccc1OCc1cccc(Cl)c1)C(=O)Nc1ccc(Cl)c(Cl)c1. The molecule has 0 fully saturated rings. The average molecular weight is 458 g/mol. The highest BCUT2D eigenvalue weighted by atomic mass is 35.5. The highest BCUT2D eigenvalue weighted by Gasteiger charge is 2.12. The lowest BCUT2D eigenvalue weighted by Gasteiger charge is -2.10. The first kappa shape index (κ1) is 21.7. The quantitative estimate of drug-likeness (QED) is 0.328. The van der Waals surface area contributed by atoms with Crippen LogP contribution in [0.4, 0.5) is 5.69 Å². The Bertz CT molecular complexity index is 1150. The number of carbonyl (C=O) groups excluding carboxylic acids is 1. The molecule has 0 saturated heterocycles. The van der Waals surface area contributed by atoms with Gasteiger partial charge in [0.1, 0.15) is 24.0 Å². The molecule has 0 aliphatic heterocycles. The van der Waals surface area contributed by atoms with E-state index in [4.69, 9.17) is 39.5 Å². The van der Waals surface area contributed by atoms with Gasteiger partial charge in [0, 0.05) is 16.3 Å². The summed E-state index contributed by atoms with van der Waals surface area (Å²) in [6.07, 6.45) is 1.47. The van der Waals surface area contributed by atoms with Gasteiger partial charge in [-0.1, -0.05) is 65.1 Å². The van der Waals surface area contributed by atoms with Crippen molar-refractivity contribution >= 4 is 52.5 Å². The van der Waals surface area contributed by atoms with Crippen molar-refractivity contribution in [2.75, 3.05) is 5.32 Å². The summed E-state index contributed by atoms with van der Waals surface area (Å²) in [4.78, 5) is 12.5. The van der Waals surface area contributed by atoms with Gasteiger partial charge in [0.25, 0.3) is 5.91 Å². The minimum atomic E-state index is -0.569. The normalized spacial score (nSPS) is 10.9.